The van der Waals surface area contributed by atoms with Crippen molar-refractivity contribution < 1.29 is 28.6 Å². The van der Waals surface area contributed by atoms with E-state index < -0.39 is 6.10 Å². The summed E-state index contributed by atoms with van der Waals surface area (Å²) in [5, 5.41) is 0. The molecule has 1 unspecified atom stereocenters. The van der Waals surface area contributed by atoms with Crippen molar-refractivity contribution in [2.24, 2.45) is 0 Å². The van der Waals surface area contributed by atoms with Gasteiger partial charge < -0.3 is 14.2 Å². The maximum atomic E-state index is 12.9. The Balaban J connectivity index is 4.06. The molecule has 0 aliphatic heterocycles. The molecule has 0 spiro atoms. The molecule has 0 fully saturated rings. The van der Waals surface area contributed by atoms with Gasteiger partial charge in [0.2, 0.25) is 0 Å². The van der Waals surface area contributed by atoms with Crippen molar-refractivity contribution in [2.75, 3.05) is 13.2 Å². The molecule has 0 rings (SSSR count). The molecule has 79 heavy (non-hydrogen) atoms. The summed E-state index contributed by atoms with van der Waals surface area (Å²) in [6.45, 7) is 6.54. The van der Waals surface area contributed by atoms with Gasteiger partial charge in [-0.3, -0.25) is 14.4 Å². The summed E-state index contributed by atoms with van der Waals surface area (Å²) < 4.78 is 16.9. The summed E-state index contributed by atoms with van der Waals surface area (Å²) in [6.07, 6.45) is 86.1. The second kappa shape index (κ2) is 67.9. The Morgan fingerprint density at radius 2 is 0.494 bits per heavy atom. The highest BCUT2D eigenvalue weighted by atomic mass is 16.6. The Kier molecular flexibility index (Phi) is 65.6. The highest BCUT2D eigenvalue weighted by molar-refractivity contribution is 5.71. The van der Waals surface area contributed by atoms with Gasteiger partial charge in [0.15, 0.2) is 6.10 Å². The molecule has 0 N–H and O–H groups in total. The van der Waals surface area contributed by atoms with Gasteiger partial charge in [-0.15, -0.1) is 0 Å². The van der Waals surface area contributed by atoms with Crippen molar-refractivity contribution >= 4 is 17.9 Å². The minimum Gasteiger partial charge on any atom is -0.462 e. The van der Waals surface area contributed by atoms with E-state index in [4.69, 9.17) is 14.2 Å². The van der Waals surface area contributed by atoms with Crippen LogP contribution in [0.15, 0.2) is 48.6 Å². The van der Waals surface area contributed by atoms with Crippen LogP contribution >= 0.6 is 0 Å². The van der Waals surface area contributed by atoms with Crippen LogP contribution < -0.4 is 0 Å². The number of esters is 3. The third kappa shape index (κ3) is 66.1. The Hall–Kier alpha value is -2.63. The van der Waals surface area contributed by atoms with Crippen LogP contribution in [0.2, 0.25) is 0 Å². The molecule has 6 nitrogen and oxygen atoms in total. The summed E-state index contributed by atoms with van der Waals surface area (Å²) in [6, 6.07) is 0. The van der Waals surface area contributed by atoms with E-state index in [1.165, 1.54) is 257 Å². The molecule has 462 valence electrons. The van der Waals surface area contributed by atoms with Crippen molar-refractivity contribution in [3.05, 3.63) is 48.6 Å². The van der Waals surface area contributed by atoms with E-state index >= 15 is 0 Å². The molecule has 0 saturated carbocycles. The molecule has 0 aliphatic rings. The number of allylic oxidation sites excluding steroid dienone is 8. The summed E-state index contributed by atoms with van der Waals surface area (Å²) >= 11 is 0. The van der Waals surface area contributed by atoms with Crippen LogP contribution in [0.3, 0.4) is 0 Å². The standard InChI is InChI=1S/C73H134O6/c1-4-7-10-13-16-19-22-25-27-28-29-30-31-32-33-34-35-36-37-38-39-40-41-42-43-44-45-47-48-51-54-57-60-63-66-72(75)78-69-70(68-77-71(74)65-62-59-56-53-50-24-21-18-15-12-9-6-3)79-73(76)67-64-61-58-55-52-49-46-26-23-20-17-14-11-8-5-2/h8,11,17,20,26,46,52,55,70H,4-7,9-10,12-16,18-19,21-25,27-45,47-51,53-54,56-69H2,1-3H3/b11-8-,20-17-,46-26-,55-52-. The van der Waals surface area contributed by atoms with Crippen LogP contribution in [-0.2, 0) is 28.6 Å². The van der Waals surface area contributed by atoms with Gasteiger partial charge in [-0.2, -0.15) is 0 Å². The van der Waals surface area contributed by atoms with E-state index in [2.05, 4.69) is 69.4 Å². The maximum absolute atomic E-state index is 12.9. The molecule has 0 heterocycles. The fourth-order valence-corrected chi connectivity index (χ4v) is 10.6. The fraction of sp³-hybridized carbons (Fsp3) is 0.849. The molecular weight excluding hydrogens is 973 g/mol. The summed E-state index contributed by atoms with van der Waals surface area (Å²) in [5.74, 6) is -0.906. The number of carbonyl (C=O) groups excluding carboxylic acids is 3. The van der Waals surface area contributed by atoms with Crippen molar-refractivity contribution in [2.45, 2.75) is 386 Å². The van der Waals surface area contributed by atoms with E-state index in [9.17, 15) is 14.4 Å². The molecule has 0 radical (unpaired) electrons. The first-order valence-electron chi connectivity index (χ1n) is 35.1. The van der Waals surface area contributed by atoms with Gasteiger partial charge in [-0.05, 0) is 57.8 Å². The highest BCUT2D eigenvalue weighted by Crippen LogP contribution is 2.19. The van der Waals surface area contributed by atoms with Crippen LogP contribution in [0.1, 0.15) is 380 Å². The summed E-state index contributed by atoms with van der Waals surface area (Å²) in [4.78, 5) is 38.2. The zero-order valence-electron chi connectivity index (χ0n) is 53.2. The number of carbonyl (C=O) groups is 3. The van der Waals surface area contributed by atoms with Gasteiger partial charge in [-0.25, -0.2) is 0 Å². The molecule has 0 bridgehead atoms. The third-order valence-electron chi connectivity index (χ3n) is 15.8. The lowest BCUT2D eigenvalue weighted by atomic mass is 10.0. The summed E-state index contributed by atoms with van der Waals surface area (Å²) in [7, 11) is 0. The van der Waals surface area contributed by atoms with Crippen LogP contribution in [-0.4, -0.2) is 37.2 Å². The number of hydrogen-bond donors (Lipinski definition) is 0. The smallest absolute Gasteiger partial charge is 0.306 e. The quantitative estimate of drug-likeness (QED) is 0.0261. The zero-order chi connectivity index (χ0) is 57.1. The number of hydrogen-bond acceptors (Lipinski definition) is 6. The average Bonchev–Trinajstić information content (AvgIpc) is 3.45. The SMILES string of the molecule is CC/C=C\C/C=C\C/C=C\C/C=C\CCCCC(=O)OC(COC(=O)CCCCCCCCCCCCCC)COC(=O)CCCCCCCCCCCCCCCCCCCCCCCCCCCCCCCCCCCC. The molecule has 0 saturated heterocycles. The van der Waals surface area contributed by atoms with Crippen LogP contribution in [0.4, 0.5) is 0 Å². The average molecular weight is 1110 g/mol. The molecule has 0 aromatic rings. The second-order valence-electron chi connectivity index (χ2n) is 23.8. The Bertz CT molecular complexity index is 1360. The minimum absolute atomic E-state index is 0.0852. The maximum Gasteiger partial charge on any atom is 0.306 e. The lowest BCUT2D eigenvalue weighted by Gasteiger charge is -2.18. The van der Waals surface area contributed by atoms with Crippen molar-refractivity contribution in [3.8, 4) is 0 Å². The number of rotatable bonds is 65. The van der Waals surface area contributed by atoms with E-state index in [0.717, 1.165) is 77.0 Å². The van der Waals surface area contributed by atoms with Crippen molar-refractivity contribution in [1.29, 1.82) is 0 Å². The first-order valence-corrected chi connectivity index (χ1v) is 35.1. The van der Waals surface area contributed by atoms with E-state index in [0.29, 0.717) is 19.3 Å². The van der Waals surface area contributed by atoms with Gasteiger partial charge in [0.1, 0.15) is 13.2 Å². The molecule has 0 aromatic heterocycles. The van der Waals surface area contributed by atoms with Gasteiger partial charge >= 0.3 is 17.9 Å². The van der Waals surface area contributed by atoms with Gasteiger partial charge in [-0.1, -0.05) is 352 Å². The van der Waals surface area contributed by atoms with Crippen molar-refractivity contribution in [3.63, 3.8) is 0 Å². The van der Waals surface area contributed by atoms with Gasteiger partial charge in [0.25, 0.3) is 0 Å². The van der Waals surface area contributed by atoms with Crippen molar-refractivity contribution in [1.82, 2.24) is 0 Å². The Morgan fingerprint density at radius 1 is 0.266 bits per heavy atom. The molecular formula is C73H134O6. The predicted molar refractivity (Wildman–Crippen MR) is 344 cm³/mol. The minimum atomic E-state index is -0.792. The topological polar surface area (TPSA) is 78.9 Å². The summed E-state index contributed by atoms with van der Waals surface area (Å²) in [5.41, 5.74) is 0. The van der Waals surface area contributed by atoms with Crippen LogP contribution in [0.5, 0.6) is 0 Å². The Labute approximate surface area is 492 Å². The monoisotopic (exact) mass is 1110 g/mol. The normalized spacial score (nSPS) is 12.3. The van der Waals surface area contributed by atoms with Crippen LogP contribution in [0, 0.1) is 0 Å². The molecule has 0 amide bonds. The number of unbranched alkanes of at least 4 members (excludes halogenated alkanes) is 46. The zero-order valence-corrected chi connectivity index (χ0v) is 53.2. The first-order chi connectivity index (χ1) is 39.0. The van der Waals surface area contributed by atoms with E-state index in [1.807, 2.05) is 0 Å². The van der Waals surface area contributed by atoms with E-state index in [1.54, 1.807) is 0 Å². The second-order valence-corrected chi connectivity index (χ2v) is 23.8. The molecule has 0 aliphatic carbocycles. The van der Waals surface area contributed by atoms with Gasteiger partial charge in [0, 0.05) is 19.3 Å². The third-order valence-corrected chi connectivity index (χ3v) is 15.8. The largest absolute Gasteiger partial charge is 0.462 e. The lowest BCUT2D eigenvalue weighted by molar-refractivity contribution is -0.167. The Morgan fingerprint density at radius 3 is 0.772 bits per heavy atom. The lowest BCUT2D eigenvalue weighted by Crippen LogP contribution is -2.30. The molecule has 1 atom stereocenters. The molecule has 0 aromatic carbocycles. The van der Waals surface area contributed by atoms with Gasteiger partial charge in [0.05, 0.1) is 0 Å². The molecule has 6 heteroatoms. The predicted octanol–water partition coefficient (Wildman–Crippen LogP) is 24.1. The fourth-order valence-electron chi connectivity index (χ4n) is 10.6. The number of ether oxygens (including phenoxy) is 3. The highest BCUT2D eigenvalue weighted by Gasteiger charge is 2.19. The van der Waals surface area contributed by atoms with E-state index in [-0.39, 0.29) is 37.5 Å². The van der Waals surface area contributed by atoms with Crippen LogP contribution in [0.25, 0.3) is 0 Å². The first kappa shape index (κ1) is 76.4.